The van der Waals surface area contributed by atoms with Gasteiger partial charge in [0, 0.05) is 5.56 Å². The quantitative estimate of drug-likeness (QED) is 0.453. The number of nitrogens with zero attached hydrogens (tertiary/aromatic N) is 1. The van der Waals surface area contributed by atoms with Crippen molar-refractivity contribution in [1.82, 2.24) is 5.32 Å². The number of carbonyl (C=O) groups is 2. The Labute approximate surface area is 161 Å². The largest absolute Gasteiger partial charge is 0.504 e. The van der Waals surface area contributed by atoms with Crippen LogP contribution in [-0.2, 0) is 11.2 Å². The number of halogens is 1. The molecule has 1 aliphatic rings. The number of carbonyl (C=O) groups excluding carboxylic acids is 2. The van der Waals surface area contributed by atoms with Gasteiger partial charge in [0.15, 0.2) is 11.5 Å². The average molecular weight is 382 g/mol. The Hall–Kier alpha value is -3.61. The number of aromatic hydroxyl groups is 1. The fourth-order valence-corrected chi connectivity index (χ4v) is 2.90. The number of rotatable bonds is 6. The molecule has 0 bridgehead atoms. The molecule has 28 heavy (non-hydrogen) atoms. The molecule has 1 fully saturated rings. The lowest BCUT2D eigenvalue weighted by Gasteiger charge is -2.12. The topological polar surface area (TPSA) is 78.9 Å². The lowest BCUT2D eigenvalue weighted by atomic mass is 10.0. The number of phenols is 1. The van der Waals surface area contributed by atoms with Gasteiger partial charge in [0.2, 0.25) is 0 Å². The van der Waals surface area contributed by atoms with E-state index >= 15 is 0 Å². The summed E-state index contributed by atoms with van der Waals surface area (Å²) in [5.41, 5.74) is 0.972. The highest BCUT2D eigenvalue weighted by atomic mass is 19.1. The van der Waals surface area contributed by atoms with E-state index in [2.05, 4.69) is 11.9 Å². The number of hydrogen-bond donors (Lipinski definition) is 2. The highest BCUT2D eigenvalue weighted by molar-refractivity contribution is 6.28. The molecule has 1 saturated heterocycles. The molecule has 0 aromatic heterocycles. The number of amides is 3. The van der Waals surface area contributed by atoms with Crippen molar-refractivity contribution in [2.45, 2.75) is 13.3 Å². The van der Waals surface area contributed by atoms with E-state index in [1.807, 2.05) is 0 Å². The zero-order chi connectivity index (χ0) is 20.3. The van der Waals surface area contributed by atoms with Gasteiger partial charge in [-0.2, -0.15) is 0 Å². The molecule has 0 spiro atoms. The Balaban J connectivity index is 2.00. The lowest BCUT2D eigenvalue weighted by Crippen LogP contribution is -2.31. The third kappa shape index (κ3) is 3.59. The number of benzene rings is 2. The van der Waals surface area contributed by atoms with E-state index in [-0.39, 0.29) is 22.9 Å². The van der Waals surface area contributed by atoms with Gasteiger partial charge in [0.25, 0.3) is 5.91 Å². The van der Waals surface area contributed by atoms with Crippen molar-refractivity contribution >= 4 is 23.7 Å². The summed E-state index contributed by atoms with van der Waals surface area (Å²) in [5, 5.41) is 12.7. The van der Waals surface area contributed by atoms with Crippen molar-refractivity contribution in [3.05, 3.63) is 71.7 Å². The summed E-state index contributed by atoms with van der Waals surface area (Å²) in [6, 6.07) is 8.02. The minimum absolute atomic E-state index is 0.00123. The summed E-state index contributed by atoms with van der Waals surface area (Å²) < 4.78 is 19.5. The van der Waals surface area contributed by atoms with Crippen molar-refractivity contribution < 1.29 is 23.8 Å². The van der Waals surface area contributed by atoms with Crippen LogP contribution in [-0.4, -0.2) is 23.7 Å². The number of allylic oxidation sites excluding steroid dienone is 1. The number of urea groups is 1. The minimum atomic E-state index is -0.739. The van der Waals surface area contributed by atoms with Crippen molar-refractivity contribution in [3.63, 3.8) is 0 Å². The van der Waals surface area contributed by atoms with Crippen LogP contribution in [0.4, 0.5) is 14.9 Å². The number of hydrogen-bond acceptors (Lipinski definition) is 4. The molecular formula is C21H19FN2O4. The molecule has 2 aromatic rings. The SMILES string of the molecule is C=CCc1cc(/C=C2\NC(=O)N(c3ccccc3F)C2=O)cc(OCC)c1O. The number of para-hydroxylation sites is 1. The molecular weight excluding hydrogens is 363 g/mol. The van der Waals surface area contributed by atoms with Crippen molar-refractivity contribution in [2.75, 3.05) is 11.5 Å². The van der Waals surface area contributed by atoms with Crippen LogP contribution in [0.15, 0.2) is 54.8 Å². The standard InChI is InChI=1S/C21H19FN2O4/c1-3-7-14-10-13(12-18(19(14)25)28-4-2)11-16-20(26)24(21(27)23-16)17-9-6-5-8-15(17)22/h3,5-6,8-12,25H,1,4,7H2,2H3,(H,23,27)/b16-11-. The molecule has 0 atom stereocenters. The van der Waals surface area contributed by atoms with Crippen LogP contribution in [0.1, 0.15) is 18.1 Å². The van der Waals surface area contributed by atoms with Crippen LogP contribution in [0.3, 0.4) is 0 Å². The molecule has 0 saturated carbocycles. The lowest BCUT2D eigenvalue weighted by molar-refractivity contribution is -0.113. The van der Waals surface area contributed by atoms with Crippen molar-refractivity contribution in [3.8, 4) is 11.5 Å². The summed E-state index contributed by atoms with van der Waals surface area (Å²) in [4.78, 5) is 25.7. The predicted octanol–water partition coefficient (Wildman–Crippen LogP) is 3.76. The first kappa shape index (κ1) is 19.2. The Morgan fingerprint density at radius 1 is 1.29 bits per heavy atom. The van der Waals surface area contributed by atoms with Gasteiger partial charge in [-0.05, 0) is 49.2 Å². The summed E-state index contributed by atoms with van der Waals surface area (Å²) >= 11 is 0. The first-order valence-corrected chi connectivity index (χ1v) is 8.67. The van der Waals surface area contributed by atoms with Crippen LogP contribution in [0.25, 0.3) is 6.08 Å². The average Bonchev–Trinajstić information content (AvgIpc) is 2.93. The molecule has 1 aliphatic heterocycles. The Kier molecular flexibility index (Phi) is 5.44. The van der Waals surface area contributed by atoms with Gasteiger partial charge >= 0.3 is 6.03 Å². The van der Waals surface area contributed by atoms with E-state index in [4.69, 9.17) is 4.74 Å². The summed E-state index contributed by atoms with van der Waals surface area (Å²) in [6.07, 6.45) is 3.48. The van der Waals surface area contributed by atoms with Gasteiger partial charge in [-0.1, -0.05) is 18.2 Å². The molecule has 3 amide bonds. The first-order chi connectivity index (χ1) is 13.5. The van der Waals surface area contributed by atoms with E-state index in [1.165, 1.54) is 30.3 Å². The monoisotopic (exact) mass is 382 g/mol. The minimum Gasteiger partial charge on any atom is -0.504 e. The van der Waals surface area contributed by atoms with Crippen LogP contribution >= 0.6 is 0 Å². The Morgan fingerprint density at radius 3 is 2.71 bits per heavy atom. The molecule has 0 aliphatic carbocycles. The predicted molar refractivity (Wildman–Crippen MR) is 104 cm³/mol. The van der Waals surface area contributed by atoms with Crippen LogP contribution in [0.5, 0.6) is 11.5 Å². The maximum Gasteiger partial charge on any atom is 0.333 e. The maximum atomic E-state index is 14.0. The van der Waals surface area contributed by atoms with Gasteiger partial charge in [-0.15, -0.1) is 6.58 Å². The van der Waals surface area contributed by atoms with Gasteiger partial charge in [-0.25, -0.2) is 14.1 Å². The fourth-order valence-electron chi connectivity index (χ4n) is 2.90. The molecule has 0 unspecified atom stereocenters. The van der Waals surface area contributed by atoms with E-state index < -0.39 is 17.8 Å². The van der Waals surface area contributed by atoms with Gasteiger partial charge in [0.1, 0.15) is 11.5 Å². The molecule has 3 rings (SSSR count). The number of phenolic OH excluding ortho intramolecular Hbond substituents is 1. The maximum absolute atomic E-state index is 14.0. The number of anilines is 1. The number of imide groups is 1. The number of ether oxygens (including phenoxy) is 1. The smallest absolute Gasteiger partial charge is 0.333 e. The second kappa shape index (κ2) is 7.96. The van der Waals surface area contributed by atoms with Crippen LogP contribution < -0.4 is 15.0 Å². The Bertz CT molecular complexity index is 984. The molecule has 0 radical (unpaired) electrons. The Morgan fingerprint density at radius 2 is 2.04 bits per heavy atom. The van der Waals surface area contributed by atoms with Crippen LogP contribution in [0.2, 0.25) is 0 Å². The van der Waals surface area contributed by atoms with Gasteiger partial charge in [-0.3, -0.25) is 4.79 Å². The molecule has 1 heterocycles. The third-order valence-electron chi connectivity index (χ3n) is 4.12. The summed E-state index contributed by atoms with van der Waals surface area (Å²) in [5.74, 6) is -1.09. The zero-order valence-corrected chi connectivity index (χ0v) is 15.2. The highest BCUT2D eigenvalue weighted by Crippen LogP contribution is 2.33. The van der Waals surface area contributed by atoms with E-state index in [9.17, 15) is 19.1 Å². The fraction of sp³-hybridized carbons (Fsp3) is 0.143. The van der Waals surface area contributed by atoms with Gasteiger partial charge in [0.05, 0.1) is 12.3 Å². The molecule has 7 heteroatoms. The van der Waals surface area contributed by atoms with E-state index in [0.29, 0.717) is 24.2 Å². The third-order valence-corrected chi connectivity index (χ3v) is 4.12. The summed E-state index contributed by atoms with van der Waals surface area (Å²) in [7, 11) is 0. The molecule has 2 aromatic carbocycles. The zero-order valence-electron chi connectivity index (χ0n) is 15.2. The number of nitrogens with one attached hydrogen (secondary N) is 1. The summed E-state index contributed by atoms with van der Waals surface area (Å²) in [6.45, 7) is 5.79. The molecule has 6 nitrogen and oxygen atoms in total. The normalized spacial score (nSPS) is 15.1. The van der Waals surface area contributed by atoms with Gasteiger partial charge < -0.3 is 15.2 Å². The van der Waals surface area contributed by atoms with Crippen molar-refractivity contribution in [1.29, 1.82) is 0 Å². The molecule has 2 N–H and O–H groups in total. The van der Waals surface area contributed by atoms with E-state index in [0.717, 1.165) is 4.90 Å². The van der Waals surface area contributed by atoms with Crippen LogP contribution in [0, 0.1) is 5.82 Å². The molecule has 144 valence electrons. The second-order valence-corrected chi connectivity index (χ2v) is 6.03. The van der Waals surface area contributed by atoms with E-state index in [1.54, 1.807) is 25.1 Å². The van der Waals surface area contributed by atoms with Crippen molar-refractivity contribution in [2.24, 2.45) is 0 Å². The first-order valence-electron chi connectivity index (χ1n) is 8.67. The highest BCUT2D eigenvalue weighted by Gasteiger charge is 2.36. The second-order valence-electron chi connectivity index (χ2n) is 6.03.